The molecule has 1 heterocycles. The van der Waals surface area contributed by atoms with E-state index in [4.69, 9.17) is 0 Å². The molecule has 0 saturated heterocycles. The van der Waals surface area contributed by atoms with Crippen LogP contribution in [0.2, 0.25) is 0 Å². The van der Waals surface area contributed by atoms with Gasteiger partial charge in [-0.05, 0) is 31.2 Å². The Labute approximate surface area is 121 Å². The zero-order chi connectivity index (χ0) is 15.5. The Morgan fingerprint density at radius 2 is 1.86 bits per heavy atom. The Morgan fingerprint density at radius 3 is 2.38 bits per heavy atom. The number of amides is 1. The number of aryl methyl sites for hydroxylation is 1. The highest BCUT2D eigenvalue weighted by Gasteiger charge is 2.29. The van der Waals surface area contributed by atoms with Crippen LogP contribution in [0, 0.1) is 12.7 Å². The SMILES string of the molecule is Cc1ccc(S(=O)(=O)C(NC=O)c2ccc(F)cn2)cc1. The van der Waals surface area contributed by atoms with Gasteiger partial charge >= 0.3 is 0 Å². The summed E-state index contributed by atoms with van der Waals surface area (Å²) in [6.45, 7) is 1.83. The van der Waals surface area contributed by atoms with Gasteiger partial charge in [-0.25, -0.2) is 12.8 Å². The molecule has 0 saturated carbocycles. The molecule has 1 N–H and O–H groups in total. The minimum Gasteiger partial charge on any atom is -0.337 e. The minimum atomic E-state index is -3.87. The van der Waals surface area contributed by atoms with Crippen molar-refractivity contribution in [2.75, 3.05) is 0 Å². The molecule has 0 spiro atoms. The number of carbonyl (C=O) groups is 1. The maximum atomic E-state index is 12.9. The molecule has 2 rings (SSSR count). The van der Waals surface area contributed by atoms with Crippen molar-refractivity contribution in [2.45, 2.75) is 17.2 Å². The zero-order valence-corrected chi connectivity index (χ0v) is 12.0. The number of nitrogens with one attached hydrogen (secondary N) is 1. The van der Waals surface area contributed by atoms with E-state index in [1.165, 1.54) is 18.2 Å². The lowest BCUT2D eigenvalue weighted by Gasteiger charge is -2.16. The molecule has 1 aromatic heterocycles. The Balaban J connectivity index is 2.47. The standard InChI is InChI=1S/C14H13FN2O3S/c1-10-2-5-12(6-3-10)21(19,20)14(17-9-18)13-7-4-11(15)8-16-13/h2-9,14H,1H3,(H,17,18). The molecule has 1 atom stereocenters. The first-order valence-corrected chi connectivity index (χ1v) is 7.61. The van der Waals surface area contributed by atoms with E-state index in [9.17, 15) is 17.6 Å². The Bertz CT molecular complexity index is 728. The first-order chi connectivity index (χ1) is 9.95. The van der Waals surface area contributed by atoms with Crippen LogP contribution in [-0.4, -0.2) is 19.8 Å². The minimum absolute atomic E-state index is 0.0454. The van der Waals surface area contributed by atoms with Crippen LogP contribution in [0.5, 0.6) is 0 Å². The maximum absolute atomic E-state index is 12.9. The van der Waals surface area contributed by atoms with Crippen molar-refractivity contribution < 1.29 is 17.6 Å². The fourth-order valence-corrected chi connectivity index (χ4v) is 3.28. The quantitative estimate of drug-likeness (QED) is 0.854. The van der Waals surface area contributed by atoms with Gasteiger partial charge in [0.05, 0.1) is 16.8 Å². The van der Waals surface area contributed by atoms with Gasteiger partial charge in [0, 0.05) is 0 Å². The maximum Gasteiger partial charge on any atom is 0.208 e. The molecule has 110 valence electrons. The molecule has 0 aliphatic heterocycles. The molecule has 1 amide bonds. The van der Waals surface area contributed by atoms with Gasteiger partial charge in [0.25, 0.3) is 0 Å². The number of benzene rings is 1. The number of nitrogens with zero attached hydrogens (tertiary/aromatic N) is 1. The third kappa shape index (κ3) is 3.25. The summed E-state index contributed by atoms with van der Waals surface area (Å²) >= 11 is 0. The van der Waals surface area contributed by atoms with Gasteiger partial charge in [0.15, 0.2) is 5.37 Å². The zero-order valence-electron chi connectivity index (χ0n) is 11.2. The van der Waals surface area contributed by atoms with Gasteiger partial charge in [-0.15, -0.1) is 0 Å². The molecule has 0 radical (unpaired) electrons. The monoisotopic (exact) mass is 308 g/mol. The van der Waals surface area contributed by atoms with Crippen LogP contribution in [0.15, 0.2) is 47.5 Å². The highest BCUT2D eigenvalue weighted by atomic mass is 32.2. The van der Waals surface area contributed by atoms with Crippen LogP contribution < -0.4 is 5.32 Å². The van der Waals surface area contributed by atoms with Gasteiger partial charge in [-0.1, -0.05) is 17.7 Å². The number of halogens is 1. The predicted octanol–water partition coefficient (Wildman–Crippen LogP) is 1.75. The summed E-state index contributed by atoms with van der Waals surface area (Å²) in [6, 6.07) is 8.53. The molecule has 2 aromatic rings. The Hall–Kier alpha value is -2.28. The predicted molar refractivity (Wildman–Crippen MR) is 74.5 cm³/mol. The van der Waals surface area contributed by atoms with Crippen LogP contribution in [0.25, 0.3) is 0 Å². The second kappa shape index (κ2) is 6.01. The van der Waals surface area contributed by atoms with Crippen molar-refractivity contribution in [1.29, 1.82) is 0 Å². The number of rotatable bonds is 5. The number of hydrogen-bond donors (Lipinski definition) is 1. The molecular weight excluding hydrogens is 295 g/mol. The number of aromatic nitrogens is 1. The summed E-state index contributed by atoms with van der Waals surface area (Å²) in [5.74, 6) is -0.587. The summed E-state index contributed by atoms with van der Waals surface area (Å²) in [6.07, 6.45) is 1.18. The van der Waals surface area contributed by atoms with Crippen molar-refractivity contribution in [1.82, 2.24) is 10.3 Å². The van der Waals surface area contributed by atoms with Gasteiger partial charge < -0.3 is 5.32 Å². The van der Waals surface area contributed by atoms with Crippen LogP contribution in [0.4, 0.5) is 4.39 Å². The van der Waals surface area contributed by atoms with Crippen LogP contribution in [0.3, 0.4) is 0 Å². The Morgan fingerprint density at radius 1 is 1.19 bits per heavy atom. The van der Waals surface area contributed by atoms with E-state index >= 15 is 0 Å². The lowest BCUT2D eigenvalue weighted by Crippen LogP contribution is -2.28. The fraction of sp³-hybridized carbons (Fsp3) is 0.143. The second-order valence-electron chi connectivity index (χ2n) is 4.42. The highest BCUT2D eigenvalue weighted by Crippen LogP contribution is 2.25. The largest absolute Gasteiger partial charge is 0.337 e. The van der Waals surface area contributed by atoms with Crippen molar-refractivity contribution in [3.8, 4) is 0 Å². The summed E-state index contributed by atoms with van der Waals surface area (Å²) < 4.78 is 38.0. The second-order valence-corrected chi connectivity index (χ2v) is 6.46. The van der Waals surface area contributed by atoms with Crippen molar-refractivity contribution in [3.63, 3.8) is 0 Å². The number of sulfone groups is 1. The third-order valence-electron chi connectivity index (χ3n) is 2.90. The lowest BCUT2D eigenvalue weighted by molar-refractivity contribution is -0.109. The van der Waals surface area contributed by atoms with Crippen molar-refractivity contribution in [2.24, 2.45) is 0 Å². The van der Waals surface area contributed by atoms with Gasteiger partial charge in [-0.3, -0.25) is 9.78 Å². The van der Waals surface area contributed by atoms with E-state index < -0.39 is 21.0 Å². The molecule has 5 nitrogen and oxygen atoms in total. The number of pyridine rings is 1. The van der Waals surface area contributed by atoms with E-state index in [1.54, 1.807) is 12.1 Å². The van der Waals surface area contributed by atoms with Gasteiger partial charge in [0.2, 0.25) is 16.2 Å². The first-order valence-electron chi connectivity index (χ1n) is 6.07. The molecule has 1 aromatic carbocycles. The Kier molecular flexibility index (Phi) is 4.32. The lowest BCUT2D eigenvalue weighted by atomic mass is 10.2. The van der Waals surface area contributed by atoms with E-state index in [2.05, 4.69) is 10.3 Å². The smallest absolute Gasteiger partial charge is 0.208 e. The van der Waals surface area contributed by atoms with E-state index in [-0.39, 0.29) is 17.0 Å². The van der Waals surface area contributed by atoms with Gasteiger partial charge in [0.1, 0.15) is 5.82 Å². The van der Waals surface area contributed by atoms with Crippen molar-refractivity contribution in [3.05, 3.63) is 59.7 Å². The normalized spacial score (nSPS) is 12.7. The highest BCUT2D eigenvalue weighted by molar-refractivity contribution is 7.91. The summed E-state index contributed by atoms with van der Waals surface area (Å²) in [5.41, 5.74) is 0.956. The molecule has 1 unspecified atom stereocenters. The molecule has 7 heteroatoms. The summed E-state index contributed by atoms with van der Waals surface area (Å²) in [4.78, 5) is 14.5. The van der Waals surface area contributed by atoms with E-state index in [0.29, 0.717) is 0 Å². The number of hydrogen-bond acceptors (Lipinski definition) is 4. The topological polar surface area (TPSA) is 76.1 Å². The van der Waals surface area contributed by atoms with Gasteiger partial charge in [-0.2, -0.15) is 0 Å². The molecule has 0 bridgehead atoms. The molecule has 21 heavy (non-hydrogen) atoms. The molecule has 0 aliphatic rings. The molecule has 0 fully saturated rings. The van der Waals surface area contributed by atoms with Crippen LogP contribution in [-0.2, 0) is 14.6 Å². The van der Waals surface area contributed by atoms with E-state index in [0.717, 1.165) is 17.8 Å². The van der Waals surface area contributed by atoms with Crippen molar-refractivity contribution >= 4 is 16.2 Å². The van der Waals surface area contributed by atoms with Crippen LogP contribution in [0.1, 0.15) is 16.6 Å². The molecule has 0 aliphatic carbocycles. The fourth-order valence-electron chi connectivity index (χ4n) is 1.80. The average Bonchev–Trinajstić information content (AvgIpc) is 2.46. The summed E-state index contributed by atoms with van der Waals surface area (Å²) in [5, 5.41) is 0.856. The van der Waals surface area contributed by atoms with E-state index in [1.807, 2.05) is 6.92 Å². The summed E-state index contributed by atoms with van der Waals surface area (Å²) in [7, 11) is -3.87. The molecular formula is C14H13FN2O3S. The third-order valence-corrected chi connectivity index (χ3v) is 4.83. The number of carbonyl (C=O) groups excluding carboxylic acids is 1. The average molecular weight is 308 g/mol. The first kappa shape index (κ1) is 15.1. The van der Waals surface area contributed by atoms with Crippen LogP contribution >= 0.6 is 0 Å².